The van der Waals surface area contributed by atoms with Gasteiger partial charge in [-0.25, -0.2) is 4.39 Å². The van der Waals surface area contributed by atoms with Crippen LogP contribution >= 0.6 is 0 Å². The van der Waals surface area contributed by atoms with Gasteiger partial charge in [-0.1, -0.05) is 31.2 Å². The number of carbonyl (C=O) groups excluding carboxylic acids is 1. The first-order chi connectivity index (χ1) is 11.9. The molecule has 0 aromatic heterocycles. The summed E-state index contributed by atoms with van der Waals surface area (Å²) in [5.74, 6) is 1.68. The van der Waals surface area contributed by atoms with Gasteiger partial charge in [0.2, 0.25) is 5.91 Å². The van der Waals surface area contributed by atoms with E-state index in [1.807, 2.05) is 30.0 Å². The lowest BCUT2D eigenvalue weighted by molar-refractivity contribution is -0.131. The van der Waals surface area contributed by atoms with E-state index in [1.165, 1.54) is 0 Å². The lowest BCUT2D eigenvalue weighted by Crippen LogP contribution is -2.35. The molecule has 0 spiro atoms. The number of halogens is 1. The number of hydrogen-bond donors (Lipinski definition) is 0. The molecule has 1 aliphatic heterocycles. The van der Waals surface area contributed by atoms with Crippen molar-refractivity contribution in [2.24, 2.45) is 0 Å². The SMILES string of the molecule is CCC(=O)N1CCc2c(cccc2Oc2ccc(C(C)(C)F)cc2)C1. The Bertz CT molecular complexity index is 762. The molecule has 4 heteroatoms. The molecule has 0 bridgehead atoms. The summed E-state index contributed by atoms with van der Waals surface area (Å²) in [4.78, 5) is 13.8. The van der Waals surface area contributed by atoms with Crippen LogP contribution in [0.2, 0.25) is 0 Å². The van der Waals surface area contributed by atoms with Crippen molar-refractivity contribution in [3.63, 3.8) is 0 Å². The summed E-state index contributed by atoms with van der Waals surface area (Å²) in [5, 5.41) is 0. The zero-order valence-electron chi connectivity index (χ0n) is 15.0. The van der Waals surface area contributed by atoms with Gasteiger partial charge in [-0.15, -0.1) is 0 Å². The fraction of sp³-hybridized carbons (Fsp3) is 0.381. The van der Waals surface area contributed by atoms with E-state index < -0.39 is 5.67 Å². The molecule has 25 heavy (non-hydrogen) atoms. The second-order valence-corrected chi connectivity index (χ2v) is 6.91. The van der Waals surface area contributed by atoms with Crippen molar-refractivity contribution >= 4 is 5.91 Å². The van der Waals surface area contributed by atoms with Crippen LogP contribution in [-0.2, 0) is 23.4 Å². The summed E-state index contributed by atoms with van der Waals surface area (Å²) < 4.78 is 20.0. The smallest absolute Gasteiger partial charge is 0.222 e. The van der Waals surface area contributed by atoms with Crippen LogP contribution in [0.25, 0.3) is 0 Å². The van der Waals surface area contributed by atoms with Gasteiger partial charge in [-0.2, -0.15) is 0 Å². The largest absolute Gasteiger partial charge is 0.457 e. The third kappa shape index (κ3) is 3.84. The number of nitrogens with zero attached hydrogens (tertiary/aromatic N) is 1. The maximum absolute atomic E-state index is 14.0. The maximum atomic E-state index is 14.0. The second-order valence-electron chi connectivity index (χ2n) is 6.91. The van der Waals surface area contributed by atoms with Crippen molar-refractivity contribution < 1.29 is 13.9 Å². The van der Waals surface area contributed by atoms with E-state index in [2.05, 4.69) is 0 Å². The third-order valence-corrected chi connectivity index (χ3v) is 4.65. The number of benzene rings is 2. The molecule has 0 saturated carbocycles. The fourth-order valence-electron chi connectivity index (χ4n) is 3.15. The minimum absolute atomic E-state index is 0.182. The van der Waals surface area contributed by atoms with E-state index in [0.717, 1.165) is 29.8 Å². The Labute approximate surface area is 148 Å². The van der Waals surface area contributed by atoms with Crippen LogP contribution in [0.1, 0.15) is 43.9 Å². The summed E-state index contributed by atoms with van der Waals surface area (Å²) in [5.41, 5.74) is 1.55. The quantitative estimate of drug-likeness (QED) is 0.785. The zero-order valence-corrected chi connectivity index (χ0v) is 15.0. The molecule has 0 unspecified atom stereocenters. The first-order valence-corrected chi connectivity index (χ1v) is 8.74. The van der Waals surface area contributed by atoms with Crippen LogP contribution in [0, 0.1) is 0 Å². The molecule has 0 radical (unpaired) electrons. The van der Waals surface area contributed by atoms with Crippen molar-refractivity contribution in [1.29, 1.82) is 0 Å². The van der Waals surface area contributed by atoms with E-state index in [4.69, 9.17) is 4.74 Å². The molecule has 132 valence electrons. The van der Waals surface area contributed by atoms with Crippen LogP contribution in [0.5, 0.6) is 11.5 Å². The molecular weight excluding hydrogens is 317 g/mol. The molecule has 0 fully saturated rings. The van der Waals surface area contributed by atoms with Crippen LogP contribution in [0.15, 0.2) is 42.5 Å². The molecule has 0 N–H and O–H groups in total. The lowest BCUT2D eigenvalue weighted by Gasteiger charge is -2.29. The molecular formula is C21H24FNO2. The van der Waals surface area contributed by atoms with Gasteiger partial charge in [0.1, 0.15) is 17.2 Å². The van der Waals surface area contributed by atoms with Gasteiger partial charge in [0.25, 0.3) is 0 Å². The molecule has 3 rings (SSSR count). The Morgan fingerprint density at radius 2 is 1.92 bits per heavy atom. The van der Waals surface area contributed by atoms with Crippen molar-refractivity contribution in [3.05, 3.63) is 59.2 Å². The highest BCUT2D eigenvalue weighted by Gasteiger charge is 2.22. The Morgan fingerprint density at radius 3 is 2.56 bits per heavy atom. The van der Waals surface area contributed by atoms with Crippen LogP contribution in [0.3, 0.4) is 0 Å². The molecule has 1 amide bonds. The summed E-state index contributed by atoms with van der Waals surface area (Å²) in [7, 11) is 0. The monoisotopic (exact) mass is 341 g/mol. The van der Waals surface area contributed by atoms with Gasteiger partial charge in [-0.05, 0) is 49.6 Å². The lowest BCUT2D eigenvalue weighted by atomic mass is 9.98. The zero-order chi connectivity index (χ0) is 18.0. The van der Waals surface area contributed by atoms with Crippen LogP contribution in [0.4, 0.5) is 4.39 Å². The Morgan fingerprint density at radius 1 is 1.20 bits per heavy atom. The van der Waals surface area contributed by atoms with Crippen molar-refractivity contribution in [2.45, 2.75) is 45.8 Å². The highest BCUT2D eigenvalue weighted by molar-refractivity contribution is 5.76. The van der Waals surface area contributed by atoms with Gasteiger partial charge in [-0.3, -0.25) is 4.79 Å². The van der Waals surface area contributed by atoms with Gasteiger partial charge < -0.3 is 9.64 Å². The average molecular weight is 341 g/mol. The van der Waals surface area contributed by atoms with E-state index in [9.17, 15) is 9.18 Å². The van der Waals surface area contributed by atoms with Gasteiger partial charge in [0.05, 0.1) is 0 Å². The Hall–Kier alpha value is -2.36. The minimum Gasteiger partial charge on any atom is -0.457 e. The summed E-state index contributed by atoms with van der Waals surface area (Å²) in [6.45, 7) is 6.32. The Kier molecular flexibility index (Phi) is 4.80. The molecule has 1 aliphatic rings. The van der Waals surface area contributed by atoms with Gasteiger partial charge in [0, 0.05) is 25.1 Å². The predicted molar refractivity (Wildman–Crippen MR) is 96.5 cm³/mol. The highest BCUT2D eigenvalue weighted by Crippen LogP contribution is 2.33. The van der Waals surface area contributed by atoms with Gasteiger partial charge in [0.15, 0.2) is 0 Å². The van der Waals surface area contributed by atoms with E-state index >= 15 is 0 Å². The van der Waals surface area contributed by atoms with E-state index in [0.29, 0.717) is 24.3 Å². The molecule has 0 saturated heterocycles. The number of amides is 1. The standard InChI is InChI=1S/C21H24FNO2/c1-4-20(24)23-13-12-18-15(14-23)6-5-7-19(18)25-17-10-8-16(9-11-17)21(2,3)22/h5-11H,4,12-14H2,1-3H3. The highest BCUT2D eigenvalue weighted by atomic mass is 19.1. The average Bonchev–Trinajstić information content (AvgIpc) is 2.60. The predicted octanol–water partition coefficient (Wildman–Crippen LogP) is 4.98. The second kappa shape index (κ2) is 6.87. The first-order valence-electron chi connectivity index (χ1n) is 8.74. The normalized spacial score (nSPS) is 14.2. The molecule has 0 aliphatic carbocycles. The molecule has 0 atom stereocenters. The van der Waals surface area contributed by atoms with E-state index in [1.54, 1.807) is 38.1 Å². The topological polar surface area (TPSA) is 29.5 Å². The number of carbonyl (C=O) groups is 1. The fourth-order valence-corrected chi connectivity index (χ4v) is 3.15. The Balaban J connectivity index is 1.80. The minimum atomic E-state index is -1.36. The van der Waals surface area contributed by atoms with Crippen molar-refractivity contribution in [2.75, 3.05) is 6.54 Å². The number of ether oxygens (including phenoxy) is 1. The number of alkyl halides is 1. The summed E-state index contributed by atoms with van der Waals surface area (Å²) >= 11 is 0. The van der Waals surface area contributed by atoms with E-state index in [-0.39, 0.29) is 5.91 Å². The molecule has 3 nitrogen and oxygen atoms in total. The van der Waals surface area contributed by atoms with Crippen LogP contribution < -0.4 is 4.74 Å². The summed E-state index contributed by atoms with van der Waals surface area (Å²) in [6, 6.07) is 13.1. The summed E-state index contributed by atoms with van der Waals surface area (Å²) in [6.07, 6.45) is 1.32. The maximum Gasteiger partial charge on any atom is 0.222 e. The van der Waals surface area contributed by atoms with Crippen molar-refractivity contribution in [1.82, 2.24) is 4.90 Å². The first kappa shape index (κ1) is 17.5. The van der Waals surface area contributed by atoms with Crippen LogP contribution in [-0.4, -0.2) is 17.4 Å². The number of fused-ring (bicyclic) bond motifs is 1. The number of hydrogen-bond acceptors (Lipinski definition) is 2. The molecule has 2 aromatic rings. The molecule has 1 heterocycles. The molecule has 2 aromatic carbocycles. The van der Waals surface area contributed by atoms with Crippen molar-refractivity contribution in [3.8, 4) is 11.5 Å². The van der Waals surface area contributed by atoms with Gasteiger partial charge >= 0.3 is 0 Å². The third-order valence-electron chi connectivity index (χ3n) is 4.65. The number of rotatable bonds is 4.